The molecule has 5 nitrogen and oxygen atoms in total. The second-order valence-electron chi connectivity index (χ2n) is 5.79. The average Bonchev–Trinajstić information content (AvgIpc) is 2.56. The summed E-state index contributed by atoms with van der Waals surface area (Å²) in [5, 5.41) is 3.37. The molecule has 1 aromatic heterocycles. The van der Waals surface area contributed by atoms with E-state index in [1.807, 2.05) is 12.1 Å². The highest BCUT2D eigenvalue weighted by atomic mass is 35.5. The van der Waals surface area contributed by atoms with Crippen LogP contribution in [0.1, 0.15) is 11.3 Å². The second-order valence-corrected chi connectivity index (χ2v) is 6.23. The summed E-state index contributed by atoms with van der Waals surface area (Å²) < 4.78 is 43.3. The van der Waals surface area contributed by atoms with Crippen LogP contribution in [-0.2, 0) is 12.7 Å². The van der Waals surface area contributed by atoms with Crippen molar-refractivity contribution in [3.05, 3.63) is 58.7 Å². The molecule has 0 atom stereocenters. The highest BCUT2D eigenvalue weighted by Crippen LogP contribution is 2.29. The Labute approximate surface area is 152 Å². The first-order chi connectivity index (χ1) is 12.3. The van der Waals surface area contributed by atoms with Gasteiger partial charge in [-0.1, -0.05) is 29.8 Å². The summed E-state index contributed by atoms with van der Waals surface area (Å²) in [6.45, 7) is 0.919. The van der Waals surface area contributed by atoms with Crippen LogP contribution in [0, 0.1) is 0 Å². The standard InChI is InChI=1S/C17H15ClF3N3O2/c18-12-6-4-11(5-7-12)8-22-16(25)24-9-13(10-24)26-15-3-1-2-14(23-15)17(19,20)21/h1-7,13H,8-10H2,(H,22,25). The van der Waals surface area contributed by atoms with Gasteiger partial charge in [0.25, 0.3) is 0 Å². The molecule has 1 aliphatic rings. The summed E-state index contributed by atoms with van der Waals surface area (Å²) in [5.41, 5.74) is -0.101. The first-order valence-electron chi connectivity index (χ1n) is 7.79. The van der Waals surface area contributed by atoms with E-state index in [4.69, 9.17) is 16.3 Å². The summed E-state index contributed by atoms with van der Waals surface area (Å²) in [4.78, 5) is 17.0. The zero-order chi connectivity index (χ0) is 18.7. The van der Waals surface area contributed by atoms with E-state index in [1.54, 1.807) is 12.1 Å². The lowest BCUT2D eigenvalue weighted by atomic mass is 10.2. The Hall–Kier alpha value is -2.48. The van der Waals surface area contributed by atoms with E-state index >= 15 is 0 Å². The molecule has 2 amide bonds. The molecular weight excluding hydrogens is 371 g/mol. The van der Waals surface area contributed by atoms with Gasteiger partial charge in [-0.05, 0) is 23.8 Å². The molecule has 0 saturated carbocycles. The number of alkyl halides is 3. The summed E-state index contributed by atoms with van der Waals surface area (Å²) in [6, 6.07) is 10.3. The minimum Gasteiger partial charge on any atom is -0.471 e. The van der Waals surface area contributed by atoms with Crippen LogP contribution >= 0.6 is 11.6 Å². The Balaban J connectivity index is 1.45. The Morgan fingerprint density at radius 3 is 2.58 bits per heavy atom. The van der Waals surface area contributed by atoms with Gasteiger partial charge in [-0.2, -0.15) is 13.2 Å². The lowest BCUT2D eigenvalue weighted by Crippen LogP contribution is -2.58. The third-order valence-electron chi connectivity index (χ3n) is 3.79. The Kier molecular flexibility index (Phi) is 5.22. The predicted octanol–water partition coefficient (Wildman–Crippen LogP) is 3.73. The van der Waals surface area contributed by atoms with Gasteiger partial charge in [-0.25, -0.2) is 9.78 Å². The highest BCUT2D eigenvalue weighted by Gasteiger charge is 2.35. The molecule has 1 N–H and O–H groups in total. The molecule has 0 unspecified atom stereocenters. The number of pyridine rings is 1. The number of hydrogen-bond acceptors (Lipinski definition) is 3. The van der Waals surface area contributed by atoms with Gasteiger partial charge in [0, 0.05) is 17.6 Å². The predicted molar refractivity (Wildman–Crippen MR) is 88.9 cm³/mol. The van der Waals surface area contributed by atoms with Gasteiger partial charge in [-0.15, -0.1) is 0 Å². The molecule has 0 aliphatic carbocycles. The van der Waals surface area contributed by atoms with E-state index in [2.05, 4.69) is 10.3 Å². The second kappa shape index (κ2) is 7.41. The largest absolute Gasteiger partial charge is 0.471 e. The third-order valence-corrected chi connectivity index (χ3v) is 4.05. The maximum absolute atomic E-state index is 12.6. The first kappa shape index (κ1) is 18.3. The van der Waals surface area contributed by atoms with Gasteiger partial charge in [0.05, 0.1) is 13.1 Å². The number of likely N-dealkylation sites (tertiary alicyclic amines) is 1. The van der Waals surface area contributed by atoms with Crippen molar-refractivity contribution in [3.8, 4) is 5.88 Å². The molecule has 9 heteroatoms. The van der Waals surface area contributed by atoms with Crippen molar-refractivity contribution in [2.45, 2.75) is 18.8 Å². The number of ether oxygens (including phenoxy) is 1. The molecule has 3 rings (SSSR count). The van der Waals surface area contributed by atoms with E-state index in [9.17, 15) is 18.0 Å². The number of amides is 2. The summed E-state index contributed by atoms with van der Waals surface area (Å²) >= 11 is 5.80. The van der Waals surface area contributed by atoms with Crippen molar-refractivity contribution < 1.29 is 22.7 Å². The number of halogens is 4. The maximum Gasteiger partial charge on any atom is 0.433 e. The van der Waals surface area contributed by atoms with E-state index in [0.717, 1.165) is 11.6 Å². The number of hydrogen-bond donors (Lipinski definition) is 1. The monoisotopic (exact) mass is 385 g/mol. The molecule has 1 aromatic carbocycles. The average molecular weight is 386 g/mol. The van der Waals surface area contributed by atoms with E-state index in [1.165, 1.54) is 17.0 Å². The molecule has 1 aliphatic heterocycles. The van der Waals surface area contributed by atoms with Crippen LogP contribution in [0.25, 0.3) is 0 Å². The number of rotatable bonds is 4. The van der Waals surface area contributed by atoms with Gasteiger partial charge in [0.2, 0.25) is 5.88 Å². The minimum atomic E-state index is -4.52. The lowest BCUT2D eigenvalue weighted by Gasteiger charge is -2.38. The molecule has 2 heterocycles. The Morgan fingerprint density at radius 2 is 1.92 bits per heavy atom. The maximum atomic E-state index is 12.6. The summed E-state index contributed by atoms with van der Waals surface area (Å²) in [6.07, 6.45) is -4.90. The Bertz CT molecular complexity index is 778. The van der Waals surface area contributed by atoms with Crippen molar-refractivity contribution in [3.63, 3.8) is 0 Å². The lowest BCUT2D eigenvalue weighted by molar-refractivity contribution is -0.141. The molecule has 26 heavy (non-hydrogen) atoms. The van der Waals surface area contributed by atoms with Crippen LogP contribution in [0.3, 0.4) is 0 Å². The fourth-order valence-electron chi connectivity index (χ4n) is 2.38. The van der Waals surface area contributed by atoms with Crippen molar-refractivity contribution in [1.29, 1.82) is 0 Å². The number of nitrogens with one attached hydrogen (secondary N) is 1. The fourth-order valence-corrected chi connectivity index (χ4v) is 2.51. The van der Waals surface area contributed by atoms with Crippen LogP contribution in [0.5, 0.6) is 5.88 Å². The van der Waals surface area contributed by atoms with Crippen molar-refractivity contribution in [2.75, 3.05) is 13.1 Å². The topological polar surface area (TPSA) is 54.5 Å². The summed E-state index contributed by atoms with van der Waals surface area (Å²) in [7, 11) is 0. The highest BCUT2D eigenvalue weighted by molar-refractivity contribution is 6.30. The number of carbonyl (C=O) groups excluding carboxylic acids is 1. The number of benzene rings is 1. The van der Waals surface area contributed by atoms with Crippen molar-refractivity contribution in [1.82, 2.24) is 15.2 Å². The molecule has 0 spiro atoms. The number of urea groups is 1. The van der Waals surface area contributed by atoms with Gasteiger partial charge in [-0.3, -0.25) is 0 Å². The molecule has 1 saturated heterocycles. The number of carbonyl (C=O) groups is 1. The third kappa shape index (κ3) is 4.57. The van der Waals surface area contributed by atoms with Crippen LogP contribution in [0.2, 0.25) is 5.02 Å². The van der Waals surface area contributed by atoms with E-state index < -0.39 is 11.9 Å². The molecule has 1 fully saturated rings. The Morgan fingerprint density at radius 1 is 1.23 bits per heavy atom. The minimum absolute atomic E-state index is 0.106. The van der Waals surface area contributed by atoms with E-state index in [-0.39, 0.29) is 31.1 Å². The number of nitrogens with zero attached hydrogens (tertiary/aromatic N) is 2. The molecule has 0 radical (unpaired) electrons. The van der Waals surface area contributed by atoms with Crippen molar-refractivity contribution >= 4 is 17.6 Å². The smallest absolute Gasteiger partial charge is 0.433 e. The molecule has 138 valence electrons. The SMILES string of the molecule is O=C(NCc1ccc(Cl)cc1)N1CC(Oc2cccc(C(F)(F)F)n2)C1. The van der Waals surface area contributed by atoms with Gasteiger partial charge < -0.3 is 15.0 Å². The zero-order valence-electron chi connectivity index (χ0n) is 13.5. The zero-order valence-corrected chi connectivity index (χ0v) is 14.2. The van der Waals surface area contributed by atoms with Crippen LogP contribution in [0.4, 0.5) is 18.0 Å². The summed E-state index contributed by atoms with van der Waals surface area (Å²) in [5.74, 6) is -0.106. The quantitative estimate of drug-likeness (QED) is 0.872. The van der Waals surface area contributed by atoms with Crippen LogP contribution in [0.15, 0.2) is 42.5 Å². The first-order valence-corrected chi connectivity index (χ1v) is 8.17. The molecular formula is C17H15ClF3N3O2. The van der Waals surface area contributed by atoms with Crippen LogP contribution in [-0.4, -0.2) is 35.1 Å². The van der Waals surface area contributed by atoms with E-state index in [0.29, 0.717) is 11.6 Å². The molecule has 2 aromatic rings. The van der Waals surface area contributed by atoms with Crippen LogP contribution < -0.4 is 10.1 Å². The fraction of sp³-hybridized carbons (Fsp3) is 0.294. The molecule has 0 bridgehead atoms. The number of aromatic nitrogens is 1. The van der Waals surface area contributed by atoms with Gasteiger partial charge in [0.15, 0.2) is 0 Å². The van der Waals surface area contributed by atoms with Gasteiger partial charge in [0.1, 0.15) is 11.8 Å². The normalized spacial score (nSPS) is 14.7. The van der Waals surface area contributed by atoms with Gasteiger partial charge >= 0.3 is 12.2 Å². The van der Waals surface area contributed by atoms with Crippen molar-refractivity contribution in [2.24, 2.45) is 0 Å².